The molecule has 0 radical (unpaired) electrons. The van der Waals surface area contributed by atoms with E-state index in [4.69, 9.17) is 26.1 Å². The molecule has 0 saturated carbocycles. The van der Waals surface area contributed by atoms with Crippen LogP contribution in [0.15, 0.2) is 99.4 Å². The third-order valence-electron chi connectivity index (χ3n) is 6.03. The Hall–Kier alpha value is -3.81. The van der Waals surface area contributed by atoms with Crippen molar-refractivity contribution in [2.75, 3.05) is 0 Å². The predicted octanol–water partition coefficient (Wildman–Crippen LogP) is 4.98. The maximum absolute atomic E-state index is 13.3. The number of nitrogens with zero attached hydrogens (tertiary/aromatic N) is 3. The largest absolute Gasteiger partial charge is 0.457 e. The van der Waals surface area contributed by atoms with E-state index in [0.29, 0.717) is 38.5 Å². The fourth-order valence-corrected chi connectivity index (χ4v) is 5.25. The summed E-state index contributed by atoms with van der Waals surface area (Å²) >= 11 is 7.86. The topological polar surface area (TPSA) is 70.2 Å². The summed E-state index contributed by atoms with van der Waals surface area (Å²) in [5, 5.41) is 12.0. The summed E-state index contributed by atoms with van der Waals surface area (Å²) in [5.74, 6) is 1.66. The van der Waals surface area contributed by atoms with Crippen LogP contribution in [0, 0.1) is 6.92 Å². The van der Waals surface area contributed by atoms with Gasteiger partial charge in [0.25, 0.3) is 5.91 Å². The summed E-state index contributed by atoms with van der Waals surface area (Å²) in [4.78, 5) is 18.2. The van der Waals surface area contributed by atoms with Crippen LogP contribution in [-0.2, 0) is 10.5 Å². The van der Waals surface area contributed by atoms with Crippen LogP contribution < -0.4 is 15.9 Å². The minimum Gasteiger partial charge on any atom is -0.457 e. The number of furan rings is 1. The van der Waals surface area contributed by atoms with Crippen LogP contribution in [0.4, 0.5) is 0 Å². The summed E-state index contributed by atoms with van der Waals surface area (Å²) in [6, 6.07) is 27.1. The number of thioether (sulfide) groups is 1. The Bertz CT molecular complexity index is 1630. The molecule has 0 spiro atoms. The number of aryl methyl sites for hydroxylation is 1. The maximum atomic E-state index is 13.3. The molecule has 6 rings (SSSR count). The van der Waals surface area contributed by atoms with Crippen LogP contribution in [0.1, 0.15) is 23.1 Å². The molecular weight excluding hydrogens is 492 g/mol. The molecule has 3 aromatic carbocycles. The smallest absolute Gasteiger partial charge is 0.276 e. The fourth-order valence-electron chi connectivity index (χ4n) is 4.21. The average Bonchev–Trinajstić information content (AvgIpc) is 3.38. The van der Waals surface area contributed by atoms with Crippen LogP contribution in [0.5, 0.6) is 0 Å². The summed E-state index contributed by atoms with van der Waals surface area (Å²) in [6.45, 7) is 2.06. The van der Waals surface area contributed by atoms with Gasteiger partial charge >= 0.3 is 0 Å². The first kappa shape index (κ1) is 22.6. The molecule has 1 N–H and O–H groups in total. The van der Waals surface area contributed by atoms with Gasteiger partial charge in [-0.25, -0.2) is 10.0 Å². The number of hydrogen-bond acceptors (Lipinski definition) is 6. The Morgan fingerprint density at radius 2 is 1.78 bits per heavy atom. The number of hydrogen-bond donors (Lipinski definition) is 1. The normalized spacial score (nSPS) is 16.6. The minimum absolute atomic E-state index is 0.221. The van der Waals surface area contributed by atoms with E-state index in [2.05, 4.69) is 36.5 Å². The molecule has 3 heterocycles. The van der Waals surface area contributed by atoms with Crippen LogP contribution in [-0.4, -0.2) is 16.1 Å². The molecule has 36 heavy (non-hydrogen) atoms. The summed E-state index contributed by atoms with van der Waals surface area (Å²) in [7, 11) is 0. The molecule has 2 aliphatic heterocycles. The molecule has 1 amide bonds. The molecule has 0 bridgehead atoms. The van der Waals surface area contributed by atoms with Gasteiger partial charge in [-0.1, -0.05) is 83.5 Å². The highest BCUT2D eigenvalue weighted by Crippen LogP contribution is 2.36. The van der Waals surface area contributed by atoms with Crippen molar-refractivity contribution in [3.05, 3.63) is 117 Å². The quantitative estimate of drug-likeness (QED) is 0.418. The number of amides is 1. The van der Waals surface area contributed by atoms with Crippen molar-refractivity contribution in [2.45, 2.75) is 18.8 Å². The van der Waals surface area contributed by atoms with Gasteiger partial charge in [0, 0.05) is 16.5 Å². The van der Waals surface area contributed by atoms with Crippen molar-refractivity contribution in [3.8, 4) is 11.3 Å². The van der Waals surface area contributed by atoms with Crippen molar-refractivity contribution in [1.29, 1.82) is 0 Å². The zero-order valence-electron chi connectivity index (χ0n) is 19.3. The lowest BCUT2D eigenvalue weighted by atomic mass is 10.1. The molecule has 0 saturated heterocycles. The van der Waals surface area contributed by atoms with Crippen molar-refractivity contribution < 1.29 is 9.21 Å². The van der Waals surface area contributed by atoms with Crippen LogP contribution >= 0.6 is 23.4 Å². The SMILES string of the molecule is Cc1ccc(CSC2=NN3C(=c4ccccc4=NC3c3ccc(-c4ccccc4Cl)o3)C(=O)N2)cc1. The molecule has 1 unspecified atom stereocenters. The molecule has 0 aliphatic carbocycles. The van der Waals surface area contributed by atoms with Gasteiger partial charge < -0.3 is 4.42 Å². The molecule has 2 aliphatic rings. The lowest BCUT2D eigenvalue weighted by Gasteiger charge is -2.32. The third kappa shape index (κ3) is 4.21. The highest BCUT2D eigenvalue weighted by molar-refractivity contribution is 8.13. The molecule has 8 heteroatoms. The summed E-state index contributed by atoms with van der Waals surface area (Å²) in [6.07, 6.45) is -0.632. The zero-order valence-corrected chi connectivity index (χ0v) is 20.9. The summed E-state index contributed by atoms with van der Waals surface area (Å²) < 4.78 is 6.22. The van der Waals surface area contributed by atoms with E-state index in [-0.39, 0.29) is 5.91 Å². The number of hydrazone groups is 1. The van der Waals surface area contributed by atoms with Gasteiger partial charge in [-0.2, -0.15) is 0 Å². The average molecular weight is 513 g/mol. The van der Waals surface area contributed by atoms with E-state index < -0.39 is 6.17 Å². The zero-order chi connectivity index (χ0) is 24.6. The van der Waals surface area contributed by atoms with Crippen molar-refractivity contribution >= 4 is 40.1 Å². The standard InChI is InChI=1S/C28H21ClN4O2S/c1-17-10-12-18(13-11-17)16-36-28-31-27(34)25-20-7-3-5-9-22(20)30-26(33(25)32-28)24-15-14-23(35-24)19-6-2-4-8-21(19)29/h2-15,26H,16H2,1H3,(H,31,32,34). The van der Waals surface area contributed by atoms with Crippen LogP contribution in [0.3, 0.4) is 0 Å². The van der Waals surface area contributed by atoms with Crippen molar-refractivity contribution in [1.82, 2.24) is 10.3 Å². The Balaban J connectivity index is 1.39. The fraction of sp³-hybridized carbons (Fsp3) is 0.107. The maximum Gasteiger partial charge on any atom is 0.276 e. The highest BCUT2D eigenvalue weighted by atomic mass is 35.5. The first-order chi connectivity index (χ1) is 17.6. The second-order valence-electron chi connectivity index (χ2n) is 8.53. The number of fused-ring (bicyclic) bond motifs is 2. The number of halogens is 1. The second-order valence-corrected chi connectivity index (χ2v) is 9.90. The predicted molar refractivity (Wildman–Crippen MR) is 142 cm³/mol. The van der Waals surface area contributed by atoms with Gasteiger partial charge in [0.15, 0.2) is 10.9 Å². The molecule has 6 nitrogen and oxygen atoms in total. The van der Waals surface area contributed by atoms with Crippen molar-refractivity contribution in [3.63, 3.8) is 0 Å². The number of benzene rings is 3. The number of nitrogens with one attached hydrogen (secondary N) is 1. The Labute approximate surface area is 217 Å². The van der Waals surface area contributed by atoms with E-state index in [1.807, 2.05) is 60.7 Å². The van der Waals surface area contributed by atoms with Gasteiger partial charge in [-0.15, -0.1) is 5.10 Å². The Morgan fingerprint density at radius 3 is 2.61 bits per heavy atom. The lowest BCUT2D eigenvalue weighted by molar-refractivity contribution is -0.116. The lowest BCUT2D eigenvalue weighted by Crippen LogP contribution is -2.50. The van der Waals surface area contributed by atoms with E-state index >= 15 is 0 Å². The van der Waals surface area contributed by atoms with Gasteiger partial charge in [0.05, 0.1) is 10.4 Å². The monoisotopic (exact) mass is 512 g/mol. The van der Waals surface area contributed by atoms with Crippen LogP contribution in [0.25, 0.3) is 17.0 Å². The summed E-state index contributed by atoms with van der Waals surface area (Å²) in [5.41, 5.74) is 3.59. The van der Waals surface area contributed by atoms with E-state index in [0.717, 1.165) is 16.3 Å². The van der Waals surface area contributed by atoms with Crippen molar-refractivity contribution in [2.24, 2.45) is 10.1 Å². The van der Waals surface area contributed by atoms with Gasteiger partial charge in [0.1, 0.15) is 11.5 Å². The van der Waals surface area contributed by atoms with E-state index in [1.54, 1.807) is 5.01 Å². The molecule has 178 valence electrons. The highest BCUT2D eigenvalue weighted by Gasteiger charge is 2.36. The van der Waals surface area contributed by atoms with Gasteiger partial charge in [0.2, 0.25) is 6.17 Å². The van der Waals surface area contributed by atoms with Gasteiger partial charge in [-0.3, -0.25) is 10.1 Å². The molecule has 1 atom stereocenters. The van der Waals surface area contributed by atoms with E-state index in [1.165, 1.54) is 17.3 Å². The molecule has 0 fully saturated rings. The van der Waals surface area contributed by atoms with Gasteiger partial charge in [-0.05, 0) is 42.8 Å². The van der Waals surface area contributed by atoms with Crippen LogP contribution in [0.2, 0.25) is 5.02 Å². The number of carbonyl (C=O) groups is 1. The first-order valence-corrected chi connectivity index (χ1v) is 12.8. The Kier molecular flexibility index (Phi) is 5.87. The third-order valence-corrected chi connectivity index (χ3v) is 7.30. The molecular formula is C28H21ClN4O2S. The number of rotatable bonds is 4. The first-order valence-electron chi connectivity index (χ1n) is 11.5. The Morgan fingerprint density at radius 1 is 1.00 bits per heavy atom. The number of amidine groups is 1. The van der Waals surface area contributed by atoms with E-state index in [9.17, 15) is 4.79 Å². The number of para-hydroxylation sites is 1. The number of carbonyl (C=O) groups excluding carboxylic acids is 1. The molecule has 1 aromatic heterocycles. The second kappa shape index (κ2) is 9.33. The molecule has 4 aromatic rings. The minimum atomic E-state index is -0.632.